The Hall–Kier alpha value is -0.850. The Kier molecular flexibility index (Phi) is 3.64. The molecule has 0 radical (unpaired) electrons. The predicted molar refractivity (Wildman–Crippen MR) is 77.8 cm³/mol. The van der Waals surface area contributed by atoms with Gasteiger partial charge >= 0.3 is 0 Å². The number of aromatic nitrogens is 1. The highest BCUT2D eigenvalue weighted by molar-refractivity contribution is 7.89. The number of nitrogens with one attached hydrogen (secondary N) is 2. The van der Waals surface area contributed by atoms with Crippen LogP contribution in [0.1, 0.15) is 38.8 Å². The maximum Gasteiger partial charge on any atom is 0.244 e. The molecule has 2 fully saturated rings. The van der Waals surface area contributed by atoms with Gasteiger partial charge in [0.15, 0.2) is 0 Å². The molecule has 2 bridgehead atoms. The predicted octanol–water partition coefficient (Wildman–Crippen LogP) is 1.69. The lowest BCUT2D eigenvalue weighted by Gasteiger charge is -2.25. The molecule has 3 rings (SSSR count). The minimum Gasteiger partial charge on any atom is -0.363 e. The number of sulfonamides is 1. The normalized spacial score (nSPS) is 26.8. The largest absolute Gasteiger partial charge is 0.363 e. The second-order valence-corrected chi connectivity index (χ2v) is 8.19. The summed E-state index contributed by atoms with van der Waals surface area (Å²) in [5, 5.41) is 3.28. The molecule has 2 heterocycles. The van der Waals surface area contributed by atoms with Crippen molar-refractivity contribution in [3.8, 4) is 0 Å². The summed E-state index contributed by atoms with van der Waals surface area (Å²) in [5.41, 5.74) is 0.918. The fourth-order valence-corrected chi connectivity index (χ4v) is 5.05. The standard InChI is InChI=1S/C14H23N3O2S/c1-10(2)15-7-12-6-14(8-16-12)20(18,19)17-9-11-3-4-13(17)5-11/h6,8,10-11,13,15-16H,3-5,7,9H2,1-2H3. The van der Waals surface area contributed by atoms with E-state index in [1.54, 1.807) is 16.6 Å². The number of aromatic amines is 1. The van der Waals surface area contributed by atoms with E-state index in [2.05, 4.69) is 24.1 Å². The van der Waals surface area contributed by atoms with E-state index >= 15 is 0 Å². The summed E-state index contributed by atoms with van der Waals surface area (Å²) in [6.07, 6.45) is 4.88. The van der Waals surface area contributed by atoms with Crippen LogP contribution >= 0.6 is 0 Å². The number of nitrogens with zero attached hydrogens (tertiary/aromatic N) is 1. The number of rotatable bonds is 5. The maximum absolute atomic E-state index is 12.7. The first-order valence-electron chi connectivity index (χ1n) is 7.39. The van der Waals surface area contributed by atoms with Crippen LogP contribution in [0.25, 0.3) is 0 Å². The molecule has 20 heavy (non-hydrogen) atoms. The molecule has 1 aliphatic carbocycles. The molecule has 1 aliphatic heterocycles. The maximum atomic E-state index is 12.7. The van der Waals surface area contributed by atoms with Crippen LogP contribution in [0.2, 0.25) is 0 Å². The highest BCUT2D eigenvalue weighted by atomic mass is 32.2. The molecule has 1 saturated carbocycles. The van der Waals surface area contributed by atoms with Crippen LogP contribution in [0, 0.1) is 5.92 Å². The van der Waals surface area contributed by atoms with Crippen LogP contribution in [0.4, 0.5) is 0 Å². The highest BCUT2D eigenvalue weighted by Crippen LogP contribution is 2.40. The fraction of sp³-hybridized carbons (Fsp3) is 0.714. The minimum absolute atomic E-state index is 0.233. The molecule has 2 unspecified atom stereocenters. The van der Waals surface area contributed by atoms with Crippen molar-refractivity contribution in [2.24, 2.45) is 5.92 Å². The first-order valence-corrected chi connectivity index (χ1v) is 8.83. The number of H-pyrrole nitrogens is 1. The van der Waals surface area contributed by atoms with Gasteiger partial charge in [-0.25, -0.2) is 8.42 Å². The van der Waals surface area contributed by atoms with Gasteiger partial charge in [0.05, 0.1) is 4.90 Å². The van der Waals surface area contributed by atoms with Crippen molar-refractivity contribution in [3.05, 3.63) is 18.0 Å². The number of piperidine rings is 1. The zero-order chi connectivity index (χ0) is 14.3. The molecule has 0 amide bonds. The lowest BCUT2D eigenvalue weighted by molar-refractivity contribution is 0.333. The fourth-order valence-electron chi connectivity index (χ4n) is 3.29. The van der Waals surface area contributed by atoms with Gasteiger partial charge in [0.25, 0.3) is 0 Å². The number of hydrogen-bond donors (Lipinski definition) is 2. The summed E-state index contributed by atoms with van der Waals surface area (Å²) in [6, 6.07) is 2.38. The van der Waals surface area contributed by atoms with Crippen molar-refractivity contribution in [2.45, 2.75) is 56.6 Å². The topological polar surface area (TPSA) is 65.2 Å². The van der Waals surface area contributed by atoms with E-state index in [1.165, 1.54) is 6.42 Å². The monoisotopic (exact) mass is 297 g/mol. The Morgan fingerprint density at radius 3 is 2.85 bits per heavy atom. The van der Waals surface area contributed by atoms with E-state index in [-0.39, 0.29) is 6.04 Å². The molecule has 2 N–H and O–H groups in total. The lowest BCUT2D eigenvalue weighted by Crippen LogP contribution is -2.37. The number of fused-ring (bicyclic) bond motifs is 2. The van der Waals surface area contributed by atoms with Gasteiger partial charge in [-0.1, -0.05) is 13.8 Å². The molecule has 1 aromatic heterocycles. The quantitative estimate of drug-likeness (QED) is 0.869. The van der Waals surface area contributed by atoms with Gasteiger partial charge in [0.2, 0.25) is 10.0 Å². The van der Waals surface area contributed by atoms with E-state index in [0.717, 1.165) is 18.5 Å². The average Bonchev–Trinajstić information content (AvgIpc) is 3.12. The van der Waals surface area contributed by atoms with Crippen molar-refractivity contribution in [1.29, 1.82) is 0 Å². The number of hydrogen-bond acceptors (Lipinski definition) is 3. The Morgan fingerprint density at radius 1 is 1.45 bits per heavy atom. The van der Waals surface area contributed by atoms with Crippen molar-refractivity contribution in [2.75, 3.05) is 6.54 Å². The summed E-state index contributed by atoms with van der Waals surface area (Å²) in [4.78, 5) is 3.47. The van der Waals surface area contributed by atoms with Crippen molar-refractivity contribution < 1.29 is 8.42 Å². The molecule has 112 valence electrons. The molecule has 2 atom stereocenters. The van der Waals surface area contributed by atoms with Crippen LogP contribution in [0.3, 0.4) is 0 Å². The second-order valence-electron chi connectivity index (χ2n) is 6.30. The first-order chi connectivity index (χ1) is 9.46. The van der Waals surface area contributed by atoms with Crippen molar-refractivity contribution in [1.82, 2.24) is 14.6 Å². The van der Waals surface area contributed by atoms with Crippen LogP contribution in [-0.4, -0.2) is 36.3 Å². The average molecular weight is 297 g/mol. The smallest absolute Gasteiger partial charge is 0.244 e. The third kappa shape index (κ3) is 2.52. The zero-order valence-electron chi connectivity index (χ0n) is 12.1. The lowest BCUT2D eigenvalue weighted by atomic mass is 10.1. The van der Waals surface area contributed by atoms with Gasteiger partial charge in [0, 0.05) is 37.1 Å². The Morgan fingerprint density at radius 2 is 2.25 bits per heavy atom. The van der Waals surface area contributed by atoms with Gasteiger partial charge in [-0.15, -0.1) is 0 Å². The molecule has 1 saturated heterocycles. The molecule has 6 heteroatoms. The van der Waals surface area contributed by atoms with Gasteiger partial charge in [-0.3, -0.25) is 0 Å². The molecule has 2 aliphatic rings. The van der Waals surface area contributed by atoms with E-state index in [0.29, 0.717) is 29.9 Å². The summed E-state index contributed by atoms with van der Waals surface area (Å²) in [6.45, 7) is 5.51. The van der Waals surface area contributed by atoms with Gasteiger partial charge in [-0.2, -0.15) is 4.31 Å². The van der Waals surface area contributed by atoms with Gasteiger partial charge in [-0.05, 0) is 31.2 Å². The molecule has 5 nitrogen and oxygen atoms in total. The molecule has 1 aromatic rings. The first kappa shape index (κ1) is 14.1. The molecule has 0 spiro atoms. The Balaban J connectivity index is 1.75. The van der Waals surface area contributed by atoms with Crippen molar-refractivity contribution in [3.63, 3.8) is 0 Å². The molecular formula is C14H23N3O2S. The van der Waals surface area contributed by atoms with Crippen LogP contribution < -0.4 is 5.32 Å². The summed E-state index contributed by atoms with van der Waals surface area (Å²) >= 11 is 0. The zero-order valence-corrected chi connectivity index (χ0v) is 12.9. The SMILES string of the molecule is CC(C)NCc1cc(S(=O)(=O)N2CC3CCC2C3)c[nH]1. The van der Waals surface area contributed by atoms with E-state index in [1.807, 2.05) is 0 Å². The van der Waals surface area contributed by atoms with Gasteiger partial charge < -0.3 is 10.3 Å². The Bertz CT molecular complexity index is 579. The Labute approximate surface area is 120 Å². The van der Waals surface area contributed by atoms with E-state index < -0.39 is 10.0 Å². The highest BCUT2D eigenvalue weighted by Gasteiger charge is 2.44. The summed E-state index contributed by atoms with van der Waals surface area (Å²) < 4.78 is 27.0. The third-order valence-corrected chi connectivity index (χ3v) is 6.28. The van der Waals surface area contributed by atoms with E-state index in [9.17, 15) is 8.42 Å². The van der Waals surface area contributed by atoms with Gasteiger partial charge in [0.1, 0.15) is 0 Å². The summed E-state index contributed by atoms with van der Waals surface area (Å²) in [7, 11) is -3.31. The minimum atomic E-state index is -3.31. The molecule has 0 aromatic carbocycles. The van der Waals surface area contributed by atoms with Crippen molar-refractivity contribution >= 4 is 10.0 Å². The van der Waals surface area contributed by atoms with Crippen LogP contribution in [-0.2, 0) is 16.6 Å². The summed E-state index contributed by atoms with van der Waals surface area (Å²) in [5.74, 6) is 0.579. The van der Waals surface area contributed by atoms with Crippen LogP contribution in [0.5, 0.6) is 0 Å². The van der Waals surface area contributed by atoms with Crippen LogP contribution in [0.15, 0.2) is 17.2 Å². The second kappa shape index (κ2) is 5.16. The third-order valence-electron chi connectivity index (χ3n) is 4.38. The van der Waals surface area contributed by atoms with E-state index in [4.69, 9.17) is 0 Å². The molecular weight excluding hydrogens is 274 g/mol.